The summed E-state index contributed by atoms with van der Waals surface area (Å²) >= 11 is 0. The molecular weight excluding hydrogens is 388 g/mol. The van der Waals surface area contributed by atoms with Crippen LogP contribution in [0.4, 0.5) is 4.79 Å². The van der Waals surface area contributed by atoms with Crippen molar-refractivity contribution in [1.29, 1.82) is 0 Å². The topological polar surface area (TPSA) is 56.8 Å². The zero-order chi connectivity index (χ0) is 21.5. The average Bonchev–Trinajstić information content (AvgIpc) is 2.82. The Morgan fingerprint density at radius 3 is 2.48 bits per heavy atom. The average molecular weight is 429 g/mol. The summed E-state index contributed by atoms with van der Waals surface area (Å²) < 4.78 is 5.57. The molecule has 2 amide bonds. The Morgan fingerprint density at radius 2 is 1.77 bits per heavy atom. The summed E-state index contributed by atoms with van der Waals surface area (Å²) in [5, 5.41) is 6.50. The fourth-order valence-electron chi connectivity index (χ4n) is 5.60. The minimum Gasteiger partial charge on any atom is -0.379 e. The van der Waals surface area contributed by atoms with Crippen LogP contribution < -0.4 is 10.6 Å². The molecule has 172 valence electrons. The Morgan fingerprint density at radius 1 is 1.06 bits per heavy atom. The van der Waals surface area contributed by atoms with Crippen molar-refractivity contribution < 1.29 is 9.53 Å². The van der Waals surface area contributed by atoms with Gasteiger partial charge in [0.25, 0.3) is 0 Å². The number of amides is 2. The molecule has 1 aromatic carbocycles. The number of carbonyl (C=O) groups excluding carboxylic acids is 1. The van der Waals surface area contributed by atoms with Crippen molar-refractivity contribution in [2.45, 2.75) is 70.0 Å². The maximum absolute atomic E-state index is 12.7. The minimum absolute atomic E-state index is 0.00978. The monoisotopic (exact) mass is 428 g/mol. The van der Waals surface area contributed by atoms with E-state index in [-0.39, 0.29) is 17.6 Å². The van der Waals surface area contributed by atoms with Gasteiger partial charge in [0.2, 0.25) is 0 Å². The summed E-state index contributed by atoms with van der Waals surface area (Å²) in [6.07, 6.45) is 8.26. The highest BCUT2D eigenvalue weighted by Crippen LogP contribution is 2.33. The summed E-state index contributed by atoms with van der Waals surface area (Å²) in [6, 6.07) is 8.92. The van der Waals surface area contributed by atoms with Gasteiger partial charge in [0, 0.05) is 50.8 Å². The molecule has 0 unspecified atom stereocenters. The smallest absolute Gasteiger partial charge is 0.315 e. The predicted molar refractivity (Wildman–Crippen MR) is 124 cm³/mol. The number of urea groups is 1. The third-order valence-electron chi connectivity index (χ3n) is 7.62. The highest BCUT2D eigenvalue weighted by atomic mass is 16.5. The van der Waals surface area contributed by atoms with Gasteiger partial charge in [-0.25, -0.2) is 4.79 Å². The standard InChI is InChI=1S/C25H40N4O2/c1-21-7-3-4-8-22(21)19-28-13-9-23(10-14-28)27-24(30)26-20-25(11-5-2-6-12-25)29-15-17-31-18-16-29/h3-4,7-8,23H,2,5-6,9-20H2,1H3,(H2,26,27,30). The zero-order valence-corrected chi connectivity index (χ0v) is 19.2. The number of likely N-dealkylation sites (tertiary alicyclic amines) is 1. The molecule has 6 nitrogen and oxygen atoms in total. The van der Waals surface area contributed by atoms with E-state index < -0.39 is 0 Å². The molecule has 1 aliphatic carbocycles. The minimum atomic E-state index is 0.00978. The van der Waals surface area contributed by atoms with Crippen LogP contribution in [0.1, 0.15) is 56.1 Å². The first-order valence-electron chi connectivity index (χ1n) is 12.3. The Labute approximate surface area is 187 Å². The van der Waals surface area contributed by atoms with Gasteiger partial charge in [0.15, 0.2) is 0 Å². The summed E-state index contributed by atoms with van der Waals surface area (Å²) in [5.41, 5.74) is 2.89. The molecule has 2 saturated heterocycles. The van der Waals surface area contributed by atoms with Crippen molar-refractivity contribution in [3.8, 4) is 0 Å². The van der Waals surface area contributed by atoms with E-state index >= 15 is 0 Å². The highest BCUT2D eigenvalue weighted by molar-refractivity contribution is 5.74. The van der Waals surface area contributed by atoms with Crippen molar-refractivity contribution in [1.82, 2.24) is 20.4 Å². The molecule has 3 fully saturated rings. The Kier molecular flexibility index (Phi) is 7.86. The van der Waals surface area contributed by atoms with E-state index in [0.717, 1.165) is 65.3 Å². The first kappa shape index (κ1) is 22.6. The van der Waals surface area contributed by atoms with Crippen LogP contribution in [0.2, 0.25) is 0 Å². The van der Waals surface area contributed by atoms with Gasteiger partial charge in [-0.2, -0.15) is 0 Å². The maximum Gasteiger partial charge on any atom is 0.315 e. The van der Waals surface area contributed by atoms with Gasteiger partial charge in [-0.1, -0.05) is 43.5 Å². The van der Waals surface area contributed by atoms with Crippen molar-refractivity contribution in [3.05, 3.63) is 35.4 Å². The van der Waals surface area contributed by atoms with Crippen LogP contribution in [0.15, 0.2) is 24.3 Å². The second-order valence-electron chi connectivity index (χ2n) is 9.69. The molecule has 0 aromatic heterocycles. The van der Waals surface area contributed by atoms with E-state index in [1.807, 2.05) is 0 Å². The number of ether oxygens (including phenoxy) is 1. The number of morpholine rings is 1. The van der Waals surface area contributed by atoms with Gasteiger partial charge < -0.3 is 15.4 Å². The molecular formula is C25H40N4O2. The lowest BCUT2D eigenvalue weighted by Crippen LogP contribution is -2.60. The molecule has 6 heteroatoms. The number of nitrogens with one attached hydrogen (secondary N) is 2. The number of rotatable bonds is 6. The van der Waals surface area contributed by atoms with E-state index in [1.165, 1.54) is 43.2 Å². The molecule has 2 N–H and O–H groups in total. The Balaban J connectivity index is 1.22. The van der Waals surface area contributed by atoms with Crippen LogP contribution in [-0.2, 0) is 11.3 Å². The van der Waals surface area contributed by atoms with Crippen LogP contribution in [0.3, 0.4) is 0 Å². The first-order chi connectivity index (χ1) is 15.1. The van der Waals surface area contributed by atoms with Crippen molar-refractivity contribution in [3.63, 3.8) is 0 Å². The normalized spacial score (nSPS) is 23.4. The maximum atomic E-state index is 12.7. The molecule has 1 aromatic rings. The predicted octanol–water partition coefficient (Wildman–Crippen LogP) is 3.29. The summed E-state index contributed by atoms with van der Waals surface area (Å²) in [4.78, 5) is 17.8. The van der Waals surface area contributed by atoms with E-state index in [1.54, 1.807) is 0 Å². The quantitative estimate of drug-likeness (QED) is 0.730. The van der Waals surface area contributed by atoms with Gasteiger partial charge in [0.1, 0.15) is 0 Å². The van der Waals surface area contributed by atoms with Crippen LogP contribution in [0.5, 0.6) is 0 Å². The Bertz CT molecular complexity index is 705. The molecule has 0 spiro atoms. The van der Waals surface area contributed by atoms with Crippen molar-refractivity contribution in [2.24, 2.45) is 0 Å². The van der Waals surface area contributed by atoms with E-state index in [4.69, 9.17) is 4.74 Å². The number of carbonyl (C=O) groups is 1. The van der Waals surface area contributed by atoms with Crippen LogP contribution in [0.25, 0.3) is 0 Å². The second kappa shape index (κ2) is 10.8. The molecule has 31 heavy (non-hydrogen) atoms. The Hall–Kier alpha value is -1.63. The fraction of sp³-hybridized carbons (Fsp3) is 0.720. The lowest BCUT2D eigenvalue weighted by atomic mass is 9.80. The number of hydrogen-bond donors (Lipinski definition) is 2. The number of aryl methyl sites for hydroxylation is 1. The lowest BCUT2D eigenvalue weighted by Gasteiger charge is -2.48. The number of piperidine rings is 1. The third-order valence-corrected chi connectivity index (χ3v) is 7.62. The van der Waals surface area contributed by atoms with Gasteiger partial charge in [0.05, 0.1) is 13.2 Å². The van der Waals surface area contributed by atoms with Gasteiger partial charge in [-0.3, -0.25) is 9.80 Å². The summed E-state index contributed by atoms with van der Waals surface area (Å²) in [6.45, 7) is 9.63. The fourth-order valence-corrected chi connectivity index (χ4v) is 5.60. The van der Waals surface area contributed by atoms with Gasteiger partial charge >= 0.3 is 6.03 Å². The van der Waals surface area contributed by atoms with Crippen LogP contribution in [-0.4, -0.2) is 73.3 Å². The molecule has 0 atom stereocenters. The number of hydrogen-bond acceptors (Lipinski definition) is 4. The molecule has 2 heterocycles. The third kappa shape index (κ3) is 5.99. The number of nitrogens with zero attached hydrogens (tertiary/aromatic N) is 2. The highest BCUT2D eigenvalue weighted by Gasteiger charge is 2.39. The summed E-state index contributed by atoms with van der Waals surface area (Å²) in [5.74, 6) is 0. The summed E-state index contributed by atoms with van der Waals surface area (Å²) in [7, 11) is 0. The molecule has 0 radical (unpaired) electrons. The SMILES string of the molecule is Cc1ccccc1CN1CCC(NC(=O)NCC2(N3CCOCC3)CCCCC2)CC1. The molecule has 4 rings (SSSR count). The van der Waals surface area contributed by atoms with E-state index in [0.29, 0.717) is 0 Å². The zero-order valence-electron chi connectivity index (χ0n) is 19.2. The van der Waals surface area contributed by atoms with Gasteiger partial charge in [-0.05, 0) is 43.7 Å². The largest absolute Gasteiger partial charge is 0.379 e. The van der Waals surface area contributed by atoms with Gasteiger partial charge in [-0.15, -0.1) is 0 Å². The van der Waals surface area contributed by atoms with Crippen LogP contribution in [0, 0.1) is 6.92 Å². The molecule has 3 aliphatic rings. The van der Waals surface area contributed by atoms with E-state index in [2.05, 4.69) is 51.6 Å². The molecule has 1 saturated carbocycles. The first-order valence-corrected chi connectivity index (χ1v) is 12.3. The number of benzene rings is 1. The van der Waals surface area contributed by atoms with Crippen molar-refractivity contribution >= 4 is 6.03 Å². The van der Waals surface area contributed by atoms with Crippen molar-refractivity contribution in [2.75, 3.05) is 45.9 Å². The molecule has 0 bridgehead atoms. The lowest BCUT2D eigenvalue weighted by molar-refractivity contribution is -0.0357. The second-order valence-corrected chi connectivity index (χ2v) is 9.69. The van der Waals surface area contributed by atoms with E-state index in [9.17, 15) is 4.79 Å². The van der Waals surface area contributed by atoms with Crippen LogP contribution >= 0.6 is 0 Å². The molecule has 2 aliphatic heterocycles.